The maximum absolute atomic E-state index is 6.19. The molecule has 28 nitrogen and oxygen atoms in total. The van der Waals surface area contributed by atoms with Gasteiger partial charge in [-0.2, -0.15) is 10.2 Å². The van der Waals surface area contributed by atoms with Crippen LogP contribution >= 0.6 is 0 Å². The first-order valence-electron chi connectivity index (χ1n) is 47.7. The molecule has 1 saturated carbocycles. The number of H-pyrrole nitrogens is 6. The summed E-state index contributed by atoms with van der Waals surface area (Å²) in [6.45, 7) is 23.8. The molecule has 14 heterocycles. The molecule has 0 spiro atoms. The van der Waals surface area contributed by atoms with Crippen molar-refractivity contribution in [2.75, 3.05) is 34.4 Å². The normalized spacial score (nSPS) is 12.3. The topological polar surface area (TPSA) is 441 Å². The monoisotopic (exact) mass is 1770 g/mol. The third-order valence-electron chi connectivity index (χ3n) is 24.9. The first-order valence-corrected chi connectivity index (χ1v) is 47.7. The Balaban J connectivity index is 0.000000116. The number of nitrogen functional groups attached to an aromatic ring is 6. The number of nitrogens with zero attached hydrogens (tertiary/aromatic N) is 16. The summed E-state index contributed by atoms with van der Waals surface area (Å²) >= 11 is 0. The fourth-order valence-electron chi connectivity index (χ4n) is 17.6. The number of nitrogens with one attached hydrogen (secondary N) is 6. The summed E-state index contributed by atoms with van der Waals surface area (Å²) in [5.74, 6) is 10.3. The van der Waals surface area contributed by atoms with Gasteiger partial charge in [-0.05, 0) is 178 Å². The summed E-state index contributed by atoms with van der Waals surface area (Å²) in [7, 11) is 0. The van der Waals surface area contributed by atoms with Gasteiger partial charge in [0.1, 0.15) is 136 Å². The van der Waals surface area contributed by atoms with Crippen LogP contribution < -0.4 is 34.4 Å². The van der Waals surface area contributed by atoms with Crippen molar-refractivity contribution in [2.24, 2.45) is 0 Å². The molecule has 0 unspecified atom stereocenters. The van der Waals surface area contributed by atoms with Gasteiger partial charge in [-0.1, -0.05) is 176 Å². The molecule has 18 N–H and O–H groups in total. The van der Waals surface area contributed by atoms with Gasteiger partial charge >= 0.3 is 0 Å². The van der Waals surface area contributed by atoms with Crippen LogP contribution in [0.5, 0.6) is 0 Å². The van der Waals surface area contributed by atoms with E-state index in [1.165, 1.54) is 47.9 Å². The highest BCUT2D eigenvalue weighted by Crippen LogP contribution is 2.39. The molecule has 0 bridgehead atoms. The molecule has 0 amide bonds. The predicted molar refractivity (Wildman–Crippen MR) is 544 cm³/mol. The second-order valence-electron chi connectivity index (χ2n) is 35.4. The van der Waals surface area contributed by atoms with Gasteiger partial charge in [-0.3, -0.25) is 0 Å². The minimum absolute atomic E-state index is 0.479. The van der Waals surface area contributed by atoms with Crippen LogP contribution in [0.3, 0.4) is 0 Å². The Hall–Kier alpha value is -14.2. The molecule has 1 aliphatic carbocycles. The maximum atomic E-state index is 6.19. The van der Waals surface area contributed by atoms with Crippen LogP contribution in [-0.4, -0.2) is 109 Å². The van der Waals surface area contributed by atoms with Crippen molar-refractivity contribution in [2.45, 2.75) is 249 Å². The van der Waals surface area contributed by atoms with Crippen molar-refractivity contribution in [1.82, 2.24) is 109 Å². The highest BCUT2D eigenvalue weighted by Gasteiger charge is 2.23. The Morgan fingerprint density at radius 3 is 1.00 bits per heavy atom. The summed E-state index contributed by atoms with van der Waals surface area (Å²) in [6.07, 6.45) is 35.3. The largest absolute Gasteiger partial charge is 0.382 e. The van der Waals surface area contributed by atoms with E-state index in [0.29, 0.717) is 46.7 Å². The summed E-state index contributed by atoms with van der Waals surface area (Å²) in [5, 5.41) is 14.9. The van der Waals surface area contributed by atoms with Crippen LogP contribution in [0.15, 0.2) is 140 Å². The van der Waals surface area contributed by atoms with Crippen molar-refractivity contribution in [1.29, 1.82) is 0 Å². The number of unbranched alkanes of at least 4 members (excludes halogenated alkanes) is 6. The number of aromatic nitrogens is 22. The molecule has 0 radical (unpaired) electrons. The van der Waals surface area contributed by atoms with Crippen molar-refractivity contribution in [3.8, 4) is 11.4 Å². The first-order chi connectivity index (χ1) is 64.2. The molecule has 682 valence electrons. The van der Waals surface area contributed by atoms with Gasteiger partial charge in [-0.15, -0.1) is 0 Å². The van der Waals surface area contributed by atoms with Crippen LogP contribution in [0.4, 0.5) is 34.9 Å². The van der Waals surface area contributed by atoms with E-state index in [9.17, 15) is 0 Å². The van der Waals surface area contributed by atoms with Gasteiger partial charge in [0.05, 0.1) is 50.7 Å². The molecule has 0 aliphatic heterocycles. The van der Waals surface area contributed by atoms with Crippen LogP contribution in [0, 0.1) is 6.92 Å². The number of aromatic amines is 6. The number of nitrogens with two attached hydrogens (primary N) is 6. The second-order valence-corrected chi connectivity index (χ2v) is 35.4. The van der Waals surface area contributed by atoms with Gasteiger partial charge in [0.15, 0.2) is 0 Å². The lowest BCUT2D eigenvalue weighted by Gasteiger charge is -2.10. The lowest BCUT2D eigenvalue weighted by Crippen LogP contribution is -1.97. The minimum Gasteiger partial charge on any atom is -0.382 e. The lowest BCUT2D eigenvalue weighted by atomic mass is 9.96. The first kappa shape index (κ1) is 91.1. The van der Waals surface area contributed by atoms with Gasteiger partial charge in [0.25, 0.3) is 0 Å². The fourth-order valence-corrected chi connectivity index (χ4v) is 17.6. The number of anilines is 6. The molecule has 21 rings (SSSR count). The van der Waals surface area contributed by atoms with Crippen LogP contribution in [-0.2, 0) is 51.4 Å². The molecule has 1 fully saturated rings. The number of fused-ring (bicyclic) bond motifs is 18. The molecule has 28 heteroatoms. The molecular weight excluding hydrogens is 1640 g/mol. The fraction of sp³-hybridized carbons (Fsp3) is 0.365. The molecule has 6 aromatic carbocycles. The van der Waals surface area contributed by atoms with E-state index in [1.807, 2.05) is 72.7 Å². The van der Waals surface area contributed by atoms with Crippen molar-refractivity contribution in [3.05, 3.63) is 203 Å². The summed E-state index contributed by atoms with van der Waals surface area (Å²) < 4.78 is 3.65. The Morgan fingerprint density at radius 2 is 0.667 bits per heavy atom. The molecule has 0 saturated heterocycles. The number of imidazole rings is 6. The Bertz CT molecular complexity index is 7410. The zero-order valence-electron chi connectivity index (χ0n) is 78.2. The van der Waals surface area contributed by atoms with Gasteiger partial charge in [0, 0.05) is 89.4 Å². The van der Waals surface area contributed by atoms with E-state index in [-0.39, 0.29) is 0 Å². The smallest absolute Gasteiger partial charge is 0.150 e. The lowest BCUT2D eigenvalue weighted by molar-refractivity contribution is 0.724. The maximum Gasteiger partial charge on any atom is 0.150 e. The van der Waals surface area contributed by atoms with E-state index in [0.717, 1.165) is 318 Å². The summed E-state index contributed by atoms with van der Waals surface area (Å²) in [5.41, 5.74) is 61.2. The Morgan fingerprint density at radius 1 is 0.341 bits per heavy atom. The summed E-state index contributed by atoms with van der Waals surface area (Å²) in [4.78, 5) is 75.8. The van der Waals surface area contributed by atoms with E-state index in [4.69, 9.17) is 64.3 Å². The Kier molecular flexibility index (Phi) is 28.5. The summed E-state index contributed by atoms with van der Waals surface area (Å²) in [6, 6.07) is 39.8. The Labute approximate surface area is 768 Å². The van der Waals surface area contributed by atoms with Gasteiger partial charge in [0.2, 0.25) is 0 Å². The zero-order chi connectivity index (χ0) is 92.2. The number of hydrogen-bond acceptors (Lipinski definition) is 20. The average molecular weight is 1770 g/mol. The van der Waals surface area contributed by atoms with E-state index < -0.39 is 0 Å². The minimum atomic E-state index is 0.479. The average Bonchev–Trinajstić information content (AvgIpc) is 2.00. The number of benzene rings is 6. The number of rotatable bonds is 25. The SMILES string of the molecule is CCCCc1nc2c([nH]1)c(N)nc1cc(-n3cc(C)cn3)ccc12.CCCCc1nc2c([nH]1)c(N)nc1cc(-n3cccn3)ccc12.CCCCc1nc2c([nH]1)c(N)nc1cc(C(C)C)ccc12.CCCCc1nc2c([nH]1)c(N)nc1cc(C3CCCC3)ccc12.CCCCc1nc2c([nH]1)c(N)nc1cc(CC)ccc12.CCCCc1nc2c([nH]1)c(N)nc1cc(CCC)ccc12. The quantitative estimate of drug-likeness (QED) is 0.0253. The van der Waals surface area contributed by atoms with Gasteiger partial charge in [-0.25, -0.2) is 69.2 Å². The molecule has 20 aromatic rings. The van der Waals surface area contributed by atoms with E-state index in [2.05, 4.69) is 212 Å². The van der Waals surface area contributed by atoms with Gasteiger partial charge < -0.3 is 64.3 Å². The third kappa shape index (κ3) is 20.1. The molecule has 14 aromatic heterocycles. The number of hydrogen-bond donors (Lipinski definition) is 12. The molecule has 1 aliphatic rings. The second kappa shape index (κ2) is 41.3. The van der Waals surface area contributed by atoms with E-state index in [1.54, 1.807) is 10.9 Å². The van der Waals surface area contributed by atoms with Crippen LogP contribution in [0.2, 0.25) is 0 Å². The third-order valence-corrected chi connectivity index (χ3v) is 24.9. The zero-order valence-corrected chi connectivity index (χ0v) is 78.2. The predicted octanol–water partition coefficient (Wildman–Crippen LogP) is 23.2. The number of aryl methyl sites for hydroxylation is 9. The number of pyridine rings is 6. The molecular formula is C104H126N28. The molecule has 132 heavy (non-hydrogen) atoms. The van der Waals surface area contributed by atoms with Crippen molar-refractivity contribution >= 4 is 167 Å². The van der Waals surface area contributed by atoms with Crippen LogP contribution in [0.1, 0.15) is 253 Å². The van der Waals surface area contributed by atoms with Crippen molar-refractivity contribution < 1.29 is 0 Å². The van der Waals surface area contributed by atoms with Crippen LogP contribution in [0.25, 0.3) is 143 Å². The standard InChI is InChI=1S/C19H24N4.C18H20N6.C17H18N6.2C17H22N4.C16H20N4/c1-2-3-8-16-22-17-14-10-9-13(12-6-4-5-7-12)11-15(14)21-19(20)18(17)23-16;1-3-4-5-15-22-16-13-7-6-12(24-10-11(2)9-20-24)8-14(13)21-18(19)17(16)23-15;1-2-3-5-14-21-15-12-7-6-11(23-9-4-8-19-23)10-13(12)20-17(18)16(15)22-14;1-4-5-6-14-20-15-12-8-7-11(10(2)3)9-13(12)19-17(18)16(15)21-14;1-3-5-7-14-20-15-12-9-8-11(6-4-2)10-13(12)19-17(18)16(15)21-14;1-3-5-6-13-19-14-11-8-7-10(4-2)9-12(11)18-16(17)15(14)20-13/h9-12H,2-8H2,1H3,(H2,20,21)(H,22,23);6-10H,3-5H2,1-2H3,(H2,19,21)(H,22,23);4,6-10H,2-3,5H2,1H3,(H2,18,20)(H,21,22);7-10H,4-6H2,1-3H3,(H2,18,19)(H,20,21);8-10H,3-7H2,1-2H3,(H2,18,19)(H,20,21);7-9H,3-6H2,1-2H3,(H2,17,18)(H,19,20). The highest BCUT2D eigenvalue weighted by atomic mass is 15.3. The van der Waals surface area contributed by atoms with Crippen molar-refractivity contribution in [3.63, 3.8) is 0 Å². The molecule has 0 atom stereocenters. The van der Waals surface area contributed by atoms with E-state index >= 15 is 0 Å². The highest BCUT2D eigenvalue weighted by molar-refractivity contribution is 6.11.